The molecule has 0 aliphatic heterocycles. The molecule has 6 nitrogen and oxygen atoms in total. The van der Waals surface area contributed by atoms with Crippen molar-refractivity contribution in [2.45, 2.75) is 4.90 Å². The number of fused-ring (bicyclic) bond motifs is 1. The van der Waals surface area contributed by atoms with Crippen molar-refractivity contribution in [3.63, 3.8) is 0 Å². The van der Waals surface area contributed by atoms with Crippen molar-refractivity contribution in [1.29, 1.82) is 0 Å². The molecule has 0 atom stereocenters. The van der Waals surface area contributed by atoms with Gasteiger partial charge in [0.1, 0.15) is 0 Å². The van der Waals surface area contributed by atoms with E-state index in [1.54, 1.807) is 0 Å². The Morgan fingerprint density at radius 1 is 0.875 bits per heavy atom. The standard InChI is InChI=1S/C25H21NO5S/c1-26-21-11-7-6-10-20(21)23(24(26)17-8-4-3-5-9-17)22(27)16-31-25(28)18-12-14-19(15-13-18)32(2,29)30/h3-15H,16H2,1-2H3. The number of hydrogen-bond donors (Lipinski definition) is 0. The maximum atomic E-state index is 13.2. The molecule has 4 aromatic rings. The topological polar surface area (TPSA) is 82.4 Å². The summed E-state index contributed by atoms with van der Waals surface area (Å²) in [6, 6.07) is 22.6. The van der Waals surface area contributed by atoms with Crippen molar-refractivity contribution in [2.75, 3.05) is 12.9 Å². The number of carbonyl (C=O) groups excluding carboxylic acids is 2. The third-order valence-corrected chi connectivity index (χ3v) is 6.41. The van der Waals surface area contributed by atoms with Crippen LogP contribution in [0.3, 0.4) is 0 Å². The molecule has 0 unspecified atom stereocenters. The zero-order valence-corrected chi connectivity index (χ0v) is 18.4. The van der Waals surface area contributed by atoms with Crippen molar-refractivity contribution in [3.05, 3.63) is 90.0 Å². The van der Waals surface area contributed by atoms with Crippen LogP contribution in [0.25, 0.3) is 22.2 Å². The summed E-state index contributed by atoms with van der Waals surface area (Å²) in [6.45, 7) is -0.430. The van der Waals surface area contributed by atoms with Gasteiger partial charge >= 0.3 is 5.97 Å². The summed E-state index contributed by atoms with van der Waals surface area (Å²) in [5, 5.41) is 0.785. The van der Waals surface area contributed by atoms with E-state index in [1.807, 2.05) is 66.2 Å². The first kappa shape index (κ1) is 21.5. The minimum atomic E-state index is -3.37. The van der Waals surface area contributed by atoms with Gasteiger partial charge < -0.3 is 9.30 Å². The van der Waals surface area contributed by atoms with Crippen LogP contribution in [0.2, 0.25) is 0 Å². The highest BCUT2D eigenvalue weighted by Gasteiger charge is 2.23. The second-order valence-electron chi connectivity index (χ2n) is 7.46. The molecule has 0 radical (unpaired) electrons. The molecule has 162 valence electrons. The number of sulfone groups is 1. The van der Waals surface area contributed by atoms with Gasteiger partial charge in [-0.3, -0.25) is 4.79 Å². The van der Waals surface area contributed by atoms with Crippen LogP contribution < -0.4 is 0 Å². The first-order valence-corrected chi connectivity index (χ1v) is 11.8. The van der Waals surface area contributed by atoms with Gasteiger partial charge in [-0.05, 0) is 35.9 Å². The lowest BCUT2D eigenvalue weighted by Crippen LogP contribution is -2.15. The van der Waals surface area contributed by atoms with Gasteiger partial charge in [0.25, 0.3) is 0 Å². The molecule has 1 aromatic heterocycles. The quantitative estimate of drug-likeness (QED) is 0.325. The monoisotopic (exact) mass is 447 g/mol. The van der Waals surface area contributed by atoms with Gasteiger partial charge in [-0.1, -0.05) is 48.5 Å². The molecule has 3 aromatic carbocycles. The van der Waals surface area contributed by atoms with Crippen molar-refractivity contribution in [3.8, 4) is 11.3 Å². The molecule has 0 saturated heterocycles. The molecule has 0 N–H and O–H groups in total. The summed E-state index contributed by atoms with van der Waals surface area (Å²) in [6.07, 6.45) is 1.09. The largest absolute Gasteiger partial charge is 0.454 e. The molecule has 0 saturated carbocycles. The van der Waals surface area contributed by atoms with E-state index < -0.39 is 22.4 Å². The Labute approximate surface area is 186 Å². The molecule has 4 rings (SSSR count). The van der Waals surface area contributed by atoms with Crippen LogP contribution in [0.15, 0.2) is 83.8 Å². The van der Waals surface area contributed by atoms with E-state index in [4.69, 9.17) is 4.74 Å². The zero-order chi connectivity index (χ0) is 22.9. The fraction of sp³-hybridized carbons (Fsp3) is 0.120. The molecule has 0 amide bonds. The number of nitrogens with zero attached hydrogens (tertiary/aromatic N) is 1. The summed E-state index contributed by atoms with van der Waals surface area (Å²) in [4.78, 5) is 25.8. The Morgan fingerprint density at radius 3 is 2.16 bits per heavy atom. The van der Waals surface area contributed by atoms with Gasteiger partial charge in [0.15, 0.2) is 16.4 Å². The van der Waals surface area contributed by atoms with Gasteiger partial charge in [-0.15, -0.1) is 0 Å². The number of carbonyl (C=O) groups is 2. The second-order valence-corrected chi connectivity index (χ2v) is 9.48. The molecular formula is C25H21NO5S. The molecular weight excluding hydrogens is 426 g/mol. The first-order chi connectivity index (χ1) is 15.3. The summed E-state index contributed by atoms with van der Waals surface area (Å²) in [7, 11) is -1.47. The Bertz CT molecular complexity index is 1420. The predicted molar refractivity (Wildman–Crippen MR) is 123 cm³/mol. The summed E-state index contributed by atoms with van der Waals surface area (Å²) in [5.74, 6) is -1.01. The number of rotatable bonds is 6. The molecule has 0 fully saturated rings. The lowest BCUT2D eigenvalue weighted by Gasteiger charge is -2.09. The fourth-order valence-corrected chi connectivity index (χ4v) is 4.36. The van der Waals surface area contributed by atoms with E-state index in [1.165, 1.54) is 24.3 Å². The normalized spacial score (nSPS) is 11.4. The van der Waals surface area contributed by atoms with Gasteiger partial charge in [0.05, 0.1) is 21.7 Å². The molecule has 0 aliphatic rings. The molecule has 0 bridgehead atoms. The Balaban J connectivity index is 1.63. The van der Waals surface area contributed by atoms with E-state index in [-0.39, 0.29) is 16.2 Å². The molecule has 0 aliphatic carbocycles. The third kappa shape index (κ3) is 4.07. The van der Waals surface area contributed by atoms with Crippen LogP contribution in [-0.4, -0.2) is 37.6 Å². The smallest absolute Gasteiger partial charge is 0.338 e. The minimum Gasteiger partial charge on any atom is -0.454 e. The average Bonchev–Trinajstić information content (AvgIpc) is 3.10. The third-order valence-electron chi connectivity index (χ3n) is 5.29. The van der Waals surface area contributed by atoms with Gasteiger partial charge in [-0.2, -0.15) is 0 Å². The summed E-state index contributed by atoms with van der Waals surface area (Å²) >= 11 is 0. The van der Waals surface area contributed by atoms with Gasteiger partial charge in [0, 0.05) is 24.2 Å². The number of para-hydroxylation sites is 1. The number of ether oxygens (including phenoxy) is 1. The van der Waals surface area contributed by atoms with Gasteiger partial charge in [0.2, 0.25) is 5.78 Å². The zero-order valence-electron chi connectivity index (χ0n) is 17.6. The molecule has 7 heteroatoms. The average molecular weight is 448 g/mol. The Kier molecular flexibility index (Phi) is 5.67. The predicted octanol–water partition coefficient (Wildman–Crippen LogP) is 4.29. The highest BCUT2D eigenvalue weighted by Crippen LogP contribution is 2.33. The SMILES string of the molecule is Cn1c(-c2ccccc2)c(C(=O)COC(=O)c2ccc(S(C)(=O)=O)cc2)c2ccccc21. The van der Waals surface area contributed by atoms with E-state index in [9.17, 15) is 18.0 Å². The van der Waals surface area contributed by atoms with Crippen LogP contribution in [-0.2, 0) is 21.6 Å². The highest BCUT2D eigenvalue weighted by molar-refractivity contribution is 7.90. The maximum absolute atomic E-state index is 13.2. The van der Waals surface area contributed by atoms with Crippen molar-refractivity contribution >= 4 is 32.5 Å². The van der Waals surface area contributed by atoms with E-state index >= 15 is 0 Å². The summed E-state index contributed by atoms with van der Waals surface area (Å²) < 4.78 is 30.4. The molecule has 32 heavy (non-hydrogen) atoms. The van der Waals surface area contributed by atoms with Crippen LogP contribution in [0.1, 0.15) is 20.7 Å². The van der Waals surface area contributed by atoms with Crippen LogP contribution in [0.4, 0.5) is 0 Å². The lowest BCUT2D eigenvalue weighted by atomic mass is 10.0. The number of aryl methyl sites for hydroxylation is 1. The van der Waals surface area contributed by atoms with Crippen LogP contribution in [0.5, 0.6) is 0 Å². The Morgan fingerprint density at radius 2 is 1.50 bits per heavy atom. The fourth-order valence-electron chi connectivity index (χ4n) is 3.73. The van der Waals surface area contributed by atoms with Crippen LogP contribution >= 0.6 is 0 Å². The van der Waals surface area contributed by atoms with Crippen molar-refractivity contribution < 1.29 is 22.7 Å². The lowest BCUT2D eigenvalue weighted by molar-refractivity contribution is 0.0475. The number of benzene rings is 3. The molecule has 1 heterocycles. The maximum Gasteiger partial charge on any atom is 0.338 e. The van der Waals surface area contributed by atoms with Gasteiger partial charge in [-0.25, -0.2) is 13.2 Å². The number of esters is 1. The number of hydrogen-bond acceptors (Lipinski definition) is 5. The van der Waals surface area contributed by atoms with E-state index in [0.717, 1.165) is 28.4 Å². The number of ketones is 1. The minimum absolute atomic E-state index is 0.105. The van der Waals surface area contributed by atoms with E-state index in [0.29, 0.717) is 5.56 Å². The second kappa shape index (κ2) is 8.43. The van der Waals surface area contributed by atoms with Crippen molar-refractivity contribution in [2.24, 2.45) is 7.05 Å². The number of aromatic nitrogens is 1. The van der Waals surface area contributed by atoms with E-state index in [2.05, 4.69) is 0 Å². The van der Waals surface area contributed by atoms with Crippen LogP contribution in [0, 0.1) is 0 Å². The van der Waals surface area contributed by atoms with Crippen molar-refractivity contribution in [1.82, 2.24) is 4.57 Å². The first-order valence-electron chi connectivity index (χ1n) is 9.90. The Hall–Kier alpha value is -3.71. The highest BCUT2D eigenvalue weighted by atomic mass is 32.2. The summed E-state index contributed by atoms with van der Waals surface area (Å²) in [5.41, 5.74) is 3.21. The number of Topliss-reactive ketones (excluding diaryl/α,β-unsaturated/α-hetero) is 1. The molecule has 0 spiro atoms.